The van der Waals surface area contributed by atoms with Crippen molar-refractivity contribution in [3.63, 3.8) is 0 Å². The topological polar surface area (TPSA) is 72.1 Å². The summed E-state index contributed by atoms with van der Waals surface area (Å²) in [5.41, 5.74) is 5.72. The van der Waals surface area contributed by atoms with Gasteiger partial charge in [-0.05, 0) is 25.5 Å². The molecule has 1 atom stereocenters. The molecule has 15 heavy (non-hydrogen) atoms. The Morgan fingerprint density at radius 2 is 2.20 bits per heavy atom. The van der Waals surface area contributed by atoms with Crippen molar-refractivity contribution in [2.75, 3.05) is 12.8 Å². The molecule has 82 valence electrons. The van der Waals surface area contributed by atoms with Gasteiger partial charge in [0.25, 0.3) is 5.91 Å². The third-order valence-electron chi connectivity index (χ3n) is 2.48. The van der Waals surface area contributed by atoms with Gasteiger partial charge in [-0.25, -0.2) is 0 Å². The van der Waals surface area contributed by atoms with Gasteiger partial charge in [-0.15, -0.1) is 10.2 Å². The lowest BCUT2D eigenvalue weighted by molar-refractivity contribution is 0.0733. The number of nitrogens with zero attached hydrogens (tertiary/aromatic N) is 3. The minimum absolute atomic E-state index is 0.128. The second kappa shape index (κ2) is 4.72. The molecule has 5 nitrogen and oxygen atoms in total. The quantitative estimate of drug-likeness (QED) is 0.802. The van der Waals surface area contributed by atoms with Crippen molar-refractivity contribution in [2.45, 2.75) is 26.3 Å². The van der Waals surface area contributed by atoms with E-state index in [1.165, 1.54) is 0 Å². The number of rotatable bonds is 3. The van der Waals surface area contributed by atoms with Gasteiger partial charge in [-0.1, -0.05) is 6.92 Å². The summed E-state index contributed by atoms with van der Waals surface area (Å²) in [6.45, 7) is 4.02. The number of nitrogens with two attached hydrogens (primary N) is 1. The van der Waals surface area contributed by atoms with Crippen LogP contribution >= 0.6 is 0 Å². The smallest absolute Gasteiger partial charge is 0.274 e. The van der Waals surface area contributed by atoms with Gasteiger partial charge >= 0.3 is 0 Å². The summed E-state index contributed by atoms with van der Waals surface area (Å²) in [7, 11) is 1.76. The summed E-state index contributed by atoms with van der Waals surface area (Å²) in [5.74, 6) is 0.189. The summed E-state index contributed by atoms with van der Waals surface area (Å²) in [6.07, 6.45) is 0.907. The van der Waals surface area contributed by atoms with Crippen LogP contribution in [0.3, 0.4) is 0 Å². The minimum Gasteiger partial charge on any atom is -0.382 e. The lowest BCUT2D eigenvalue weighted by Gasteiger charge is -2.23. The first-order valence-electron chi connectivity index (χ1n) is 4.92. The van der Waals surface area contributed by atoms with Gasteiger partial charge in [0.05, 0.1) is 0 Å². The first-order chi connectivity index (χ1) is 7.06. The SMILES string of the molecule is CCC(C)N(C)C(=O)c1ccc(N)nn1. The molecule has 1 aromatic heterocycles. The van der Waals surface area contributed by atoms with E-state index < -0.39 is 0 Å². The number of anilines is 1. The normalized spacial score (nSPS) is 12.2. The van der Waals surface area contributed by atoms with Gasteiger partial charge in [0.15, 0.2) is 5.69 Å². The van der Waals surface area contributed by atoms with Crippen LogP contribution in [0.4, 0.5) is 5.82 Å². The van der Waals surface area contributed by atoms with Crippen molar-refractivity contribution in [3.05, 3.63) is 17.8 Å². The molecule has 0 bridgehead atoms. The van der Waals surface area contributed by atoms with E-state index in [0.717, 1.165) is 6.42 Å². The van der Waals surface area contributed by atoms with Crippen LogP contribution in [0, 0.1) is 0 Å². The highest BCUT2D eigenvalue weighted by atomic mass is 16.2. The fraction of sp³-hybridized carbons (Fsp3) is 0.500. The Hall–Kier alpha value is -1.65. The maximum atomic E-state index is 11.8. The molecular formula is C10H16N4O. The van der Waals surface area contributed by atoms with Crippen LogP contribution in [0.15, 0.2) is 12.1 Å². The lowest BCUT2D eigenvalue weighted by Crippen LogP contribution is -2.35. The van der Waals surface area contributed by atoms with E-state index in [2.05, 4.69) is 10.2 Å². The molecule has 0 radical (unpaired) electrons. The minimum atomic E-state index is -0.128. The second-order valence-electron chi connectivity index (χ2n) is 3.52. The molecule has 0 fully saturated rings. The summed E-state index contributed by atoms with van der Waals surface area (Å²) < 4.78 is 0. The molecule has 0 saturated heterocycles. The van der Waals surface area contributed by atoms with Gasteiger partial charge in [0, 0.05) is 13.1 Å². The van der Waals surface area contributed by atoms with E-state index in [9.17, 15) is 4.79 Å². The monoisotopic (exact) mass is 208 g/mol. The van der Waals surface area contributed by atoms with Crippen molar-refractivity contribution < 1.29 is 4.79 Å². The van der Waals surface area contributed by atoms with E-state index in [1.54, 1.807) is 24.1 Å². The van der Waals surface area contributed by atoms with Crippen LogP contribution in [-0.4, -0.2) is 34.1 Å². The molecular weight excluding hydrogens is 192 g/mol. The number of hydrogen-bond acceptors (Lipinski definition) is 4. The van der Waals surface area contributed by atoms with Crippen LogP contribution < -0.4 is 5.73 Å². The Bertz CT molecular complexity index is 336. The Morgan fingerprint density at radius 1 is 1.53 bits per heavy atom. The standard InChI is InChI=1S/C10H16N4O/c1-4-7(2)14(3)10(15)8-5-6-9(11)13-12-8/h5-7H,4H2,1-3H3,(H2,11,13). The summed E-state index contributed by atoms with van der Waals surface area (Å²) in [4.78, 5) is 13.5. The molecule has 5 heteroatoms. The van der Waals surface area contributed by atoms with Crippen LogP contribution in [0.25, 0.3) is 0 Å². The highest BCUT2D eigenvalue weighted by molar-refractivity contribution is 5.92. The average Bonchev–Trinajstić information content (AvgIpc) is 2.27. The van der Waals surface area contributed by atoms with Gasteiger partial charge in [-0.2, -0.15) is 0 Å². The van der Waals surface area contributed by atoms with Crippen molar-refractivity contribution in [1.29, 1.82) is 0 Å². The Morgan fingerprint density at radius 3 is 2.67 bits per heavy atom. The van der Waals surface area contributed by atoms with Crippen molar-refractivity contribution in [3.8, 4) is 0 Å². The maximum Gasteiger partial charge on any atom is 0.274 e. The largest absolute Gasteiger partial charge is 0.382 e. The Kier molecular flexibility index (Phi) is 3.60. The van der Waals surface area contributed by atoms with Crippen molar-refractivity contribution in [2.24, 2.45) is 0 Å². The molecule has 1 aromatic rings. The molecule has 0 aliphatic heterocycles. The molecule has 0 saturated carbocycles. The molecule has 1 unspecified atom stereocenters. The summed E-state index contributed by atoms with van der Waals surface area (Å²) in [5, 5.41) is 7.40. The fourth-order valence-corrected chi connectivity index (χ4v) is 1.11. The van der Waals surface area contributed by atoms with Crippen LogP contribution in [-0.2, 0) is 0 Å². The average molecular weight is 208 g/mol. The van der Waals surface area contributed by atoms with Crippen LogP contribution in [0.1, 0.15) is 30.8 Å². The Labute approximate surface area is 89.3 Å². The number of hydrogen-bond donors (Lipinski definition) is 1. The molecule has 0 spiro atoms. The molecule has 2 N–H and O–H groups in total. The Balaban J connectivity index is 2.80. The molecule has 1 heterocycles. The van der Waals surface area contributed by atoms with Gasteiger partial charge in [-0.3, -0.25) is 4.79 Å². The molecule has 1 rings (SSSR count). The first kappa shape index (κ1) is 11.4. The number of aromatic nitrogens is 2. The van der Waals surface area contributed by atoms with Crippen molar-refractivity contribution in [1.82, 2.24) is 15.1 Å². The van der Waals surface area contributed by atoms with E-state index in [4.69, 9.17) is 5.73 Å². The highest BCUT2D eigenvalue weighted by Gasteiger charge is 2.17. The predicted molar refractivity (Wildman–Crippen MR) is 58.3 cm³/mol. The zero-order valence-corrected chi connectivity index (χ0v) is 9.27. The van der Waals surface area contributed by atoms with Gasteiger partial charge < -0.3 is 10.6 Å². The van der Waals surface area contributed by atoms with E-state index in [-0.39, 0.29) is 11.9 Å². The molecule has 0 aromatic carbocycles. The maximum absolute atomic E-state index is 11.8. The third-order valence-corrected chi connectivity index (χ3v) is 2.48. The van der Waals surface area contributed by atoms with E-state index >= 15 is 0 Å². The lowest BCUT2D eigenvalue weighted by atomic mass is 10.2. The zero-order valence-electron chi connectivity index (χ0n) is 9.27. The molecule has 0 aliphatic rings. The summed E-state index contributed by atoms with van der Waals surface area (Å²) >= 11 is 0. The number of carbonyl (C=O) groups excluding carboxylic acids is 1. The van der Waals surface area contributed by atoms with Crippen LogP contribution in [0.5, 0.6) is 0 Å². The van der Waals surface area contributed by atoms with Crippen molar-refractivity contribution >= 4 is 11.7 Å². The van der Waals surface area contributed by atoms with Gasteiger partial charge in [0.2, 0.25) is 0 Å². The highest BCUT2D eigenvalue weighted by Crippen LogP contribution is 2.06. The first-order valence-corrected chi connectivity index (χ1v) is 4.92. The number of carbonyl (C=O) groups is 1. The van der Waals surface area contributed by atoms with Gasteiger partial charge in [0.1, 0.15) is 5.82 Å². The molecule has 1 amide bonds. The second-order valence-corrected chi connectivity index (χ2v) is 3.52. The number of nitrogen functional groups attached to an aromatic ring is 1. The number of amides is 1. The molecule has 0 aliphatic carbocycles. The van der Waals surface area contributed by atoms with Crippen LogP contribution in [0.2, 0.25) is 0 Å². The fourth-order valence-electron chi connectivity index (χ4n) is 1.11. The third kappa shape index (κ3) is 2.65. The van der Waals surface area contributed by atoms with E-state index in [1.807, 2.05) is 13.8 Å². The van der Waals surface area contributed by atoms with E-state index in [0.29, 0.717) is 11.5 Å². The summed E-state index contributed by atoms with van der Waals surface area (Å²) in [6, 6.07) is 3.35. The zero-order chi connectivity index (χ0) is 11.4. The predicted octanol–water partition coefficient (Wildman–Crippen LogP) is 0.929.